The van der Waals surface area contributed by atoms with Gasteiger partial charge in [-0.3, -0.25) is 9.78 Å². The molecule has 2 N–H and O–H groups in total. The largest absolute Gasteiger partial charge is 0.390 e. The highest BCUT2D eigenvalue weighted by atomic mass is 79.9. The predicted molar refractivity (Wildman–Crippen MR) is 70.1 cm³/mol. The predicted octanol–water partition coefficient (Wildman–Crippen LogP) is 2.65. The van der Waals surface area contributed by atoms with Gasteiger partial charge < -0.3 is 10.4 Å². The molecule has 0 fully saturated rings. The summed E-state index contributed by atoms with van der Waals surface area (Å²) in [4.78, 5) is 15.8. The minimum atomic E-state index is -0.212. The molecule has 0 radical (unpaired) electrons. The second kappa shape index (κ2) is 5.39. The number of aliphatic hydroxyl groups excluding tert-OH is 1. The third-order valence-electron chi connectivity index (χ3n) is 2.04. The molecule has 0 atom stereocenters. The lowest BCUT2D eigenvalue weighted by Crippen LogP contribution is -2.11. The zero-order valence-electron chi connectivity index (χ0n) is 8.68. The molecule has 0 bridgehead atoms. The maximum Gasteiger partial charge on any atom is 0.256 e. The molecular weight excluding hydrogens is 304 g/mol. The molecule has 17 heavy (non-hydrogen) atoms. The van der Waals surface area contributed by atoms with Gasteiger partial charge in [-0.25, -0.2) is 0 Å². The summed E-state index contributed by atoms with van der Waals surface area (Å²) in [5.74, 6) is -0.212. The SMILES string of the molecule is O=C(Nc1cc(Br)cs1)c1ccnc(CO)c1. The van der Waals surface area contributed by atoms with Crippen LogP contribution in [0.15, 0.2) is 34.2 Å². The summed E-state index contributed by atoms with van der Waals surface area (Å²) in [6, 6.07) is 5.01. The maximum atomic E-state index is 11.9. The minimum absolute atomic E-state index is 0.175. The minimum Gasteiger partial charge on any atom is -0.390 e. The number of thiophene rings is 1. The Kier molecular flexibility index (Phi) is 3.88. The van der Waals surface area contributed by atoms with Gasteiger partial charge in [-0.2, -0.15) is 0 Å². The van der Waals surface area contributed by atoms with Crippen LogP contribution >= 0.6 is 27.3 Å². The zero-order valence-corrected chi connectivity index (χ0v) is 11.1. The molecule has 2 aromatic rings. The van der Waals surface area contributed by atoms with Crippen LogP contribution in [0.2, 0.25) is 0 Å². The number of halogens is 1. The topological polar surface area (TPSA) is 62.2 Å². The fourth-order valence-corrected chi connectivity index (χ4v) is 2.58. The first-order chi connectivity index (χ1) is 8.19. The number of pyridine rings is 1. The maximum absolute atomic E-state index is 11.9. The highest BCUT2D eigenvalue weighted by molar-refractivity contribution is 9.10. The summed E-state index contributed by atoms with van der Waals surface area (Å²) in [6.45, 7) is -0.175. The molecule has 0 aromatic carbocycles. The van der Waals surface area contributed by atoms with E-state index in [-0.39, 0.29) is 12.5 Å². The Labute approximate surface area is 110 Å². The van der Waals surface area contributed by atoms with E-state index in [0.717, 1.165) is 9.47 Å². The van der Waals surface area contributed by atoms with Gasteiger partial charge in [-0.05, 0) is 34.1 Å². The Morgan fingerprint density at radius 3 is 3.00 bits per heavy atom. The number of nitrogens with one attached hydrogen (secondary N) is 1. The third kappa shape index (κ3) is 3.12. The quantitative estimate of drug-likeness (QED) is 0.916. The number of amides is 1. The number of carbonyl (C=O) groups is 1. The summed E-state index contributed by atoms with van der Waals surface area (Å²) in [6.07, 6.45) is 1.50. The van der Waals surface area contributed by atoms with Gasteiger partial charge in [0.25, 0.3) is 5.91 Å². The average Bonchev–Trinajstić information content (AvgIpc) is 2.75. The molecule has 0 unspecified atom stereocenters. The van der Waals surface area contributed by atoms with Crippen LogP contribution in [-0.4, -0.2) is 16.0 Å². The number of aliphatic hydroxyl groups is 1. The molecular formula is C11H9BrN2O2S. The van der Waals surface area contributed by atoms with Crippen LogP contribution < -0.4 is 5.32 Å². The molecule has 2 aromatic heterocycles. The molecule has 0 saturated carbocycles. The summed E-state index contributed by atoms with van der Waals surface area (Å²) >= 11 is 4.76. The van der Waals surface area contributed by atoms with Gasteiger partial charge in [0.2, 0.25) is 0 Å². The van der Waals surface area contributed by atoms with Gasteiger partial charge in [0.05, 0.1) is 17.3 Å². The van der Waals surface area contributed by atoms with Crippen molar-refractivity contribution < 1.29 is 9.90 Å². The summed E-state index contributed by atoms with van der Waals surface area (Å²) in [5.41, 5.74) is 0.957. The standard InChI is InChI=1S/C11H9BrN2O2S/c12-8-4-10(17-6-8)14-11(16)7-1-2-13-9(3-7)5-15/h1-4,6,15H,5H2,(H,14,16). The van der Waals surface area contributed by atoms with Crippen molar-refractivity contribution in [3.63, 3.8) is 0 Å². The van der Waals surface area contributed by atoms with Crippen molar-refractivity contribution in [2.24, 2.45) is 0 Å². The van der Waals surface area contributed by atoms with Crippen molar-refractivity contribution in [1.29, 1.82) is 0 Å². The van der Waals surface area contributed by atoms with E-state index >= 15 is 0 Å². The Balaban J connectivity index is 2.14. The molecule has 2 heterocycles. The Hall–Kier alpha value is -1.24. The van der Waals surface area contributed by atoms with Gasteiger partial charge in [0, 0.05) is 21.6 Å². The summed E-state index contributed by atoms with van der Waals surface area (Å²) < 4.78 is 0.934. The van der Waals surface area contributed by atoms with Crippen molar-refractivity contribution in [1.82, 2.24) is 4.98 Å². The zero-order chi connectivity index (χ0) is 12.3. The van der Waals surface area contributed by atoms with Crippen LogP contribution in [0.5, 0.6) is 0 Å². The Morgan fingerprint density at radius 1 is 1.53 bits per heavy atom. The van der Waals surface area contributed by atoms with Gasteiger partial charge in [0.1, 0.15) is 0 Å². The Morgan fingerprint density at radius 2 is 2.35 bits per heavy atom. The van der Waals surface area contributed by atoms with E-state index in [2.05, 4.69) is 26.2 Å². The van der Waals surface area contributed by atoms with Gasteiger partial charge in [0.15, 0.2) is 0 Å². The summed E-state index contributed by atoms with van der Waals surface area (Å²) in [5, 5.41) is 14.4. The molecule has 6 heteroatoms. The van der Waals surface area contributed by atoms with Gasteiger partial charge >= 0.3 is 0 Å². The average molecular weight is 313 g/mol. The highest BCUT2D eigenvalue weighted by Crippen LogP contribution is 2.24. The normalized spacial score (nSPS) is 10.2. The van der Waals surface area contributed by atoms with Crippen LogP contribution in [0, 0.1) is 0 Å². The number of hydrogen-bond donors (Lipinski definition) is 2. The van der Waals surface area contributed by atoms with Crippen molar-refractivity contribution in [3.8, 4) is 0 Å². The monoisotopic (exact) mass is 312 g/mol. The molecule has 0 aliphatic carbocycles. The lowest BCUT2D eigenvalue weighted by Gasteiger charge is -2.03. The Bertz CT molecular complexity index is 542. The molecule has 2 rings (SSSR count). The number of aromatic nitrogens is 1. The van der Waals surface area contributed by atoms with E-state index in [1.54, 1.807) is 12.1 Å². The first-order valence-corrected chi connectivity index (χ1v) is 6.47. The van der Waals surface area contributed by atoms with E-state index in [1.165, 1.54) is 17.5 Å². The highest BCUT2D eigenvalue weighted by Gasteiger charge is 2.08. The van der Waals surface area contributed by atoms with E-state index < -0.39 is 0 Å². The third-order valence-corrected chi connectivity index (χ3v) is 3.65. The van der Waals surface area contributed by atoms with Crippen molar-refractivity contribution >= 4 is 38.2 Å². The fourth-order valence-electron chi connectivity index (χ4n) is 1.27. The molecule has 0 spiro atoms. The van der Waals surface area contributed by atoms with E-state index in [4.69, 9.17) is 5.11 Å². The molecule has 4 nitrogen and oxygen atoms in total. The van der Waals surface area contributed by atoms with Crippen molar-refractivity contribution in [2.75, 3.05) is 5.32 Å². The number of hydrogen-bond acceptors (Lipinski definition) is 4. The second-order valence-electron chi connectivity index (χ2n) is 3.28. The first kappa shape index (κ1) is 12.2. The van der Waals surface area contributed by atoms with E-state index in [9.17, 15) is 4.79 Å². The lowest BCUT2D eigenvalue weighted by atomic mass is 10.2. The van der Waals surface area contributed by atoms with Gasteiger partial charge in [-0.15, -0.1) is 11.3 Å². The molecule has 1 amide bonds. The number of rotatable bonds is 3. The molecule has 88 valence electrons. The molecule has 0 saturated heterocycles. The number of anilines is 1. The van der Waals surface area contributed by atoms with Crippen molar-refractivity contribution in [2.45, 2.75) is 6.61 Å². The van der Waals surface area contributed by atoms with Crippen LogP contribution in [0.25, 0.3) is 0 Å². The van der Waals surface area contributed by atoms with Crippen LogP contribution in [0.1, 0.15) is 16.1 Å². The lowest BCUT2D eigenvalue weighted by molar-refractivity contribution is 0.102. The van der Waals surface area contributed by atoms with Gasteiger partial charge in [-0.1, -0.05) is 0 Å². The van der Waals surface area contributed by atoms with Crippen molar-refractivity contribution in [3.05, 3.63) is 45.5 Å². The van der Waals surface area contributed by atoms with Crippen LogP contribution in [0.4, 0.5) is 5.00 Å². The van der Waals surface area contributed by atoms with Crippen LogP contribution in [0.3, 0.4) is 0 Å². The smallest absolute Gasteiger partial charge is 0.256 e. The van der Waals surface area contributed by atoms with E-state index in [1.807, 2.05) is 11.4 Å². The molecule has 0 aliphatic heterocycles. The number of carbonyl (C=O) groups excluding carboxylic acids is 1. The first-order valence-electron chi connectivity index (χ1n) is 4.80. The summed E-state index contributed by atoms with van der Waals surface area (Å²) in [7, 11) is 0. The van der Waals surface area contributed by atoms with Crippen LogP contribution in [-0.2, 0) is 6.61 Å². The van der Waals surface area contributed by atoms with E-state index in [0.29, 0.717) is 11.3 Å². The number of nitrogens with zero attached hydrogens (tertiary/aromatic N) is 1. The fraction of sp³-hybridized carbons (Fsp3) is 0.0909. The molecule has 0 aliphatic rings. The second-order valence-corrected chi connectivity index (χ2v) is 5.10.